The molecule has 0 heterocycles. The van der Waals surface area contributed by atoms with Crippen LogP contribution >= 0.6 is 7.82 Å². The van der Waals surface area contributed by atoms with Gasteiger partial charge in [0.2, 0.25) is 0 Å². The van der Waals surface area contributed by atoms with Crippen LogP contribution in [0.25, 0.3) is 0 Å². The molecule has 1 unspecified atom stereocenters. The molecule has 0 rings (SSSR count). The summed E-state index contributed by atoms with van der Waals surface area (Å²) in [7, 11) is -3.88. The second-order valence-electron chi connectivity index (χ2n) is 14.4. The number of hydrogen-bond acceptors (Lipinski definition) is 7. The lowest BCUT2D eigenvalue weighted by Gasteiger charge is -2.17. The van der Waals surface area contributed by atoms with Gasteiger partial charge in [0.05, 0.1) is 33.0 Å². The Hall–Kier alpha value is -0.310. The molecule has 0 bridgehead atoms. The lowest BCUT2D eigenvalue weighted by Crippen LogP contribution is -2.32. The number of phosphoric ester groups is 1. The van der Waals surface area contributed by atoms with Gasteiger partial charge in [-0.3, -0.25) is 13.9 Å². The van der Waals surface area contributed by atoms with Gasteiger partial charge >= 0.3 is 7.82 Å². The Morgan fingerprint density at radius 1 is 0.431 bits per heavy atom. The minimum Gasteiger partial charge on any atom is -0.395 e. The first-order valence-electron chi connectivity index (χ1n) is 21.8. The van der Waals surface area contributed by atoms with E-state index >= 15 is 0 Å². The molecule has 0 aliphatic carbocycles. The monoisotopic (exact) mass is 750 g/mol. The first kappa shape index (κ1) is 52.8. The van der Waals surface area contributed by atoms with E-state index in [4.69, 9.17) is 24.4 Å². The third kappa shape index (κ3) is 47.7. The Balaban J connectivity index is 0. The van der Waals surface area contributed by atoms with Crippen LogP contribution in [0.4, 0.5) is 0 Å². The Morgan fingerprint density at radius 2 is 0.686 bits per heavy atom. The molecule has 0 aliphatic heterocycles. The van der Waals surface area contributed by atoms with Crippen molar-refractivity contribution in [1.82, 2.24) is 4.90 Å². The summed E-state index contributed by atoms with van der Waals surface area (Å²) >= 11 is 0. The van der Waals surface area contributed by atoms with Crippen molar-refractivity contribution in [2.24, 2.45) is 0 Å². The highest BCUT2D eigenvalue weighted by atomic mass is 31.2. The molecule has 8 nitrogen and oxygen atoms in total. The maximum absolute atomic E-state index is 12.0. The van der Waals surface area contributed by atoms with E-state index in [1.54, 1.807) is 4.90 Å². The molecule has 0 aliphatic rings. The number of nitrogens with zero attached hydrogens (tertiary/aromatic N) is 1. The Bertz CT molecular complexity index is 698. The number of rotatable bonds is 41. The molecule has 0 aromatic rings. The zero-order valence-corrected chi connectivity index (χ0v) is 34.8. The molecule has 0 amide bonds. The van der Waals surface area contributed by atoms with Crippen LogP contribution in [0.15, 0.2) is 12.2 Å². The first-order valence-corrected chi connectivity index (χ1v) is 23.3. The SMILES string of the molecule is CCCCCCCC/C=C/CCCCCCCCOP(=O)(O)OCCCCCCCCCCCCCCCCCC.OCCN(CCO)CCO. The molecule has 0 radical (unpaired) electrons. The fraction of sp³-hybridized carbons (Fsp3) is 0.952. The van der Waals surface area contributed by atoms with Crippen LogP contribution in [0.1, 0.15) is 206 Å². The normalized spacial score (nSPS) is 12.8. The van der Waals surface area contributed by atoms with E-state index in [0.717, 1.165) is 25.7 Å². The van der Waals surface area contributed by atoms with Crippen LogP contribution in [0.3, 0.4) is 0 Å². The van der Waals surface area contributed by atoms with Crippen LogP contribution in [-0.4, -0.2) is 77.8 Å². The molecule has 1 atom stereocenters. The highest BCUT2D eigenvalue weighted by molar-refractivity contribution is 7.47. The molecule has 0 aromatic carbocycles. The number of unbranched alkanes of at least 4 members (excludes halogenated alkanes) is 27. The molecule has 4 N–H and O–H groups in total. The van der Waals surface area contributed by atoms with Crippen molar-refractivity contribution in [2.45, 2.75) is 206 Å². The topological polar surface area (TPSA) is 120 Å². The van der Waals surface area contributed by atoms with Gasteiger partial charge in [-0.05, 0) is 38.5 Å². The number of aliphatic hydroxyl groups excluding tert-OH is 3. The summed E-state index contributed by atoms with van der Waals surface area (Å²) < 4.78 is 22.4. The highest BCUT2D eigenvalue weighted by Gasteiger charge is 2.19. The zero-order valence-electron chi connectivity index (χ0n) is 33.9. The van der Waals surface area contributed by atoms with Crippen molar-refractivity contribution < 1.29 is 33.8 Å². The minimum atomic E-state index is -3.88. The number of hydrogen-bond donors (Lipinski definition) is 4. The van der Waals surface area contributed by atoms with Crippen molar-refractivity contribution in [3.63, 3.8) is 0 Å². The van der Waals surface area contributed by atoms with Crippen molar-refractivity contribution in [3.8, 4) is 0 Å². The third-order valence-corrected chi connectivity index (χ3v) is 10.4. The number of aliphatic hydroxyl groups is 3. The molecule has 51 heavy (non-hydrogen) atoms. The average Bonchev–Trinajstić information content (AvgIpc) is 3.11. The first-order chi connectivity index (χ1) is 25.0. The standard InChI is InChI=1S/C36H73O4P.C6H15NO3/c1-3-5-7-9-11-13-15-17-19-21-23-25-27-29-31-33-35-39-41(37,38)40-36-34-32-30-28-26-24-22-20-18-16-14-12-10-8-6-4-2;8-4-1-7(2-5-9)3-6-10/h17,19H,3-16,18,20-36H2,1-2H3,(H,37,38);8-10H,1-6H2/b19-17+;. The van der Waals surface area contributed by atoms with E-state index in [0.29, 0.717) is 32.8 Å². The van der Waals surface area contributed by atoms with Crippen LogP contribution in [0.2, 0.25) is 0 Å². The predicted molar refractivity (Wildman–Crippen MR) is 218 cm³/mol. The van der Waals surface area contributed by atoms with Gasteiger partial charge in [0.1, 0.15) is 0 Å². The van der Waals surface area contributed by atoms with Gasteiger partial charge in [0, 0.05) is 19.6 Å². The molecular formula is C42H88NO7P. The summed E-state index contributed by atoms with van der Waals surface area (Å²) in [6, 6.07) is 0. The fourth-order valence-corrected chi connectivity index (χ4v) is 6.95. The van der Waals surface area contributed by atoms with Gasteiger partial charge in [0.15, 0.2) is 0 Å². The van der Waals surface area contributed by atoms with Gasteiger partial charge in [-0.25, -0.2) is 4.57 Å². The van der Waals surface area contributed by atoms with Crippen molar-refractivity contribution in [2.75, 3.05) is 52.7 Å². The minimum absolute atomic E-state index is 0.0694. The fourth-order valence-electron chi connectivity index (χ4n) is 6.16. The van der Waals surface area contributed by atoms with Gasteiger partial charge in [0.25, 0.3) is 0 Å². The molecular weight excluding hydrogens is 661 g/mol. The summed E-state index contributed by atoms with van der Waals surface area (Å²) in [5.41, 5.74) is 0. The zero-order chi connectivity index (χ0) is 37.8. The van der Waals surface area contributed by atoms with Crippen LogP contribution < -0.4 is 0 Å². The van der Waals surface area contributed by atoms with E-state index in [9.17, 15) is 9.46 Å². The Labute approximate surface area is 317 Å². The van der Waals surface area contributed by atoms with Crippen molar-refractivity contribution in [1.29, 1.82) is 0 Å². The summed E-state index contributed by atoms with van der Waals surface area (Å²) in [6.45, 7) is 6.94. The maximum Gasteiger partial charge on any atom is 0.472 e. The Kier molecular flexibility index (Phi) is 47.5. The molecule has 308 valence electrons. The van der Waals surface area contributed by atoms with Crippen LogP contribution in [0.5, 0.6) is 0 Å². The summed E-state index contributed by atoms with van der Waals surface area (Å²) in [4.78, 5) is 11.7. The van der Waals surface area contributed by atoms with E-state index in [-0.39, 0.29) is 19.8 Å². The number of phosphoric acid groups is 1. The van der Waals surface area contributed by atoms with Gasteiger partial charge in [-0.2, -0.15) is 0 Å². The molecule has 0 saturated carbocycles. The molecule has 0 fully saturated rings. The highest BCUT2D eigenvalue weighted by Crippen LogP contribution is 2.43. The van der Waals surface area contributed by atoms with E-state index < -0.39 is 7.82 Å². The van der Waals surface area contributed by atoms with Crippen LogP contribution in [-0.2, 0) is 13.6 Å². The third-order valence-electron chi connectivity index (χ3n) is 9.41. The largest absolute Gasteiger partial charge is 0.472 e. The summed E-state index contributed by atoms with van der Waals surface area (Å²) in [6.07, 6.45) is 43.3. The average molecular weight is 750 g/mol. The van der Waals surface area contributed by atoms with Crippen molar-refractivity contribution in [3.05, 3.63) is 12.2 Å². The summed E-state index contributed by atoms with van der Waals surface area (Å²) in [5.74, 6) is 0. The van der Waals surface area contributed by atoms with E-state index in [2.05, 4.69) is 26.0 Å². The molecule has 0 saturated heterocycles. The van der Waals surface area contributed by atoms with Gasteiger partial charge in [-0.15, -0.1) is 0 Å². The van der Waals surface area contributed by atoms with Gasteiger partial charge in [-0.1, -0.05) is 180 Å². The molecule has 0 spiro atoms. The lowest BCUT2D eigenvalue weighted by atomic mass is 10.0. The van der Waals surface area contributed by atoms with Crippen molar-refractivity contribution >= 4 is 7.82 Å². The quantitative estimate of drug-likeness (QED) is 0.0277. The van der Waals surface area contributed by atoms with Gasteiger partial charge < -0.3 is 20.2 Å². The smallest absolute Gasteiger partial charge is 0.395 e. The lowest BCUT2D eigenvalue weighted by molar-refractivity contribution is 0.136. The molecule has 9 heteroatoms. The van der Waals surface area contributed by atoms with E-state index in [1.165, 1.54) is 167 Å². The van der Waals surface area contributed by atoms with Crippen LogP contribution in [0, 0.1) is 0 Å². The predicted octanol–water partition coefficient (Wildman–Crippen LogP) is 11.7. The van der Waals surface area contributed by atoms with E-state index in [1.807, 2.05) is 0 Å². The summed E-state index contributed by atoms with van der Waals surface area (Å²) in [5, 5.41) is 25.5. The Morgan fingerprint density at radius 3 is 0.961 bits per heavy atom. The number of allylic oxidation sites excluding steroid dienone is 2. The molecule has 0 aromatic heterocycles. The second-order valence-corrected chi connectivity index (χ2v) is 15.8. The maximum atomic E-state index is 12.0. The second kappa shape index (κ2) is 45.8.